The second-order valence-electron chi connectivity index (χ2n) is 4.63. The molecule has 0 aliphatic carbocycles. The van der Waals surface area contributed by atoms with Gasteiger partial charge in [-0.3, -0.25) is 14.4 Å². The van der Waals surface area contributed by atoms with Gasteiger partial charge >= 0.3 is 18.1 Å². The van der Waals surface area contributed by atoms with Crippen LogP contribution in [0.2, 0.25) is 0 Å². The molecule has 0 atom stereocenters. The van der Waals surface area contributed by atoms with E-state index in [4.69, 9.17) is 5.11 Å². The molecule has 1 aromatic rings. The number of aliphatic carboxylic acids is 1. The Labute approximate surface area is 129 Å². The molecule has 3 N–H and O–H groups in total. The molecule has 0 radical (unpaired) electrons. The first kappa shape index (κ1) is 18.5. The van der Waals surface area contributed by atoms with E-state index in [1.807, 2.05) is 0 Å². The van der Waals surface area contributed by atoms with Gasteiger partial charge in [0.25, 0.3) is 5.91 Å². The molecule has 1 rings (SSSR count). The van der Waals surface area contributed by atoms with E-state index in [9.17, 15) is 27.6 Å². The smallest absolute Gasteiger partial charge is 0.471 e. The quantitative estimate of drug-likeness (QED) is 0.659. The van der Waals surface area contributed by atoms with Crippen molar-refractivity contribution in [1.82, 2.24) is 10.6 Å². The largest absolute Gasteiger partial charge is 0.481 e. The molecular formula is C14H15F3N2O4. The molecule has 0 bridgehead atoms. The average molecular weight is 332 g/mol. The second kappa shape index (κ2) is 8.16. The number of alkyl halides is 3. The number of hydrogen-bond acceptors (Lipinski definition) is 3. The Morgan fingerprint density at radius 1 is 1.04 bits per heavy atom. The lowest BCUT2D eigenvalue weighted by Gasteiger charge is -2.08. The molecule has 9 heteroatoms. The number of hydrogen-bond donors (Lipinski definition) is 3. The lowest BCUT2D eigenvalue weighted by atomic mass is 10.1. The third-order valence-corrected chi connectivity index (χ3v) is 2.78. The molecule has 0 heterocycles. The highest BCUT2D eigenvalue weighted by Gasteiger charge is 2.38. The number of carboxylic acids is 1. The average Bonchev–Trinajstić information content (AvgIpc) is 2.48. The molecule has 23 heavy (non-hydrogen) atoms. The highest BCUT2D eigenvalue weighted by atomic mass is 19.4. The molecule has 0 aliphatic rings. The van der Waals surface area contributed by atoms with Gasteiger partial charge < -0.3 is 15.7 Å². The summed E-state index contributed by atoms with van der Waals surface area (Å²) < 4.78 is 36.1. The predicted octanol–water partition coefficient (Wildman–Crippen LogP) is 1.46. The summed E-state index contributed by atoms with van der Waals surface area (Å²) in [7, 11) is 0. The summed E-state index contributed by atoms with van der Waals surface area (Å²) in [6.45, 7) is -0.104. The van der Waals surface area contributed by atoms with Crippen molar-refractivity contribution in [3.8, 4) is 0 Å². The molecule has 0 saturated carbocycles. The van der Waals surface area contributed by atoms with Crippen molar-refractivity contribution in [3.05, 3.63) is 35.4 Å². The van der Waals surface area contributed by atoms with Gasteiger partial charge in [0.15, 0.2) is 0 Å². The molecule has 2 amide bonds. The lowest BCUT2D eigenvalue weighted by Crippen LogP contribution is -2.36. The van der Waals surface area contributed by atoms with Gasteiger partial charge in [-0.2, -0.15) is 13.2 Å². The number of carbonyl (C=O) groups excluding carboxylic acids is 2. The summed E-state index contributed by atoms with van der Waals surface area (Å²) in [4.78, 5) is 32.7. The first-order valence-corrected chi connectivity index (χ1v) is 6.64. The highest BCUT2D eigenvalue weighted by Crippen LogP contribution is 2.14. The minimum absolute atomic E-state index is 0.0574. The van der Waals surface area contributed by atoms with E-state index in [0.717, 1.165) is 0 Å². The van der Waals surface area contributed by atoms with Crippen molar-refractivity contribution in [3.63, 3.8) is 0 Å². The first-order chi connectivity index (χ1) is 10.7. The number of carboxylic acid groups (broad SMARTS) is 1. The molecular weight excluding hydrogens is 317 g/mol. The number of rotatable bonds is 7. The fraction of sp³-hybridized carbons (Fsp3) is 0.357. The maximum atomic E-state index is 12.0. The molecule has 0 spiro atoms. The number of carbonyl (C=O) groups is 3. The Bertz CT molecular complexity index is 570. The Balaban J connectivity index is 2.45. The van der Waals surface area contributed by atoms with E-state index in [0.29, 0.717) is 12.0 Å². The van der Waals surface area contributed by atoms with Gasteiger partial charge in [0, 0.05) is 25.1 Å². The van der Waals surface area contributed by atoms with Crippen molar-refractivity contribution < 1.29 is 32.7 Å². The van der Waals surface area contributed by atoms with E-state index < -0.39 is 24.0 Å². The normalized spacial score (nSPS) is 10.9. The molecule has 0 aromatic heterocycles. The molecule has 6 nitrogen and oxygen atoms in total. The summed E-state index contributed by atoms with van der Waals surface area (Å²) in [5, 5.41) is 12.7. The van der Waals surface area contributed by atoms with Gasteiger partial charge in [-0.25, -0.2) is 0 Å². The summed E-state index contributed by atoms with van der Waals surface area (Å²) in [5.74, 6) is -3.40. The Kier molecular flexibility index (Phi) is 6.55. The third kappa shape index (κ3) is 6.81. The Hall–Kier alpha value is -2.58. The molecule has 0 aliphatic heterocycles. The van der Waals surface area contributed by atoms with Gasteiger partial charge in [0.2, 0.25) is 0 Å². The molecule has 0 unspecified atom stereocenters. The van der Waals surface area contributed by atoms with Crippen LogP contribution in [0.5, 0.6) is 0 Å². The van der Waals surface area contributed by atoms with Crippen LogP contribution in [0.4, 0.5) is 13.2 Å². The van der Waals surface area contributed by atoms with Crippen LogP contribution in [-0.4, -0.2) is 35.6 Å². The van der Waals surface area contributed by atoms with Crippen molar-refractivity contribution >= 4 is 17.8 Å². The molecule has 1 aromatic carbocycles. The number of nitrogens with one attached hydrogen (secondary N) is 2. The topological polar surface area (TPSA) is 95.5 Å². The second-order valence-corrected chi connectivity index (χ2v) is 4.63. The van der Waals surface area contributed by atoms with E-state index in [2.05, 4.69) is 5.32 Å². The van der Waals surface area contributed by atoms with E-state index in [1.165, 1.54) is 24.3 Å². The van der Waals surface area contributed by atoms with Gasteiger partial charge in [0.05, 0.1) is 0 Å². The summed E-state index contributed by atoms with van der Waals surface area (Å²) in [5.41, 5.74) is 0.691. The fourth-order valence-corrected chi connectivity index (χ4v) is 1.60. The molecule has 0 saturated heterocycles. The van der Waals surface area contributed by atoms with E-state index in [1.54, 1.807) is 5.32 Å². The number of benzene rings is 1. The summed E-state index contributed by atoms with van der Waals surface area (Å²) in [6.07, 6.45) is -4.70. The van der Waals surface area contributed by atoms with Crippen LogP contribution < -0.4 is 10.6 Å². The van der Waals surface area contributed by atoms with Crippen molar-refractivity contribution in [2.24, 2.45) is 0 Å². The SMILES string of the molecule is O=C(O)CCCNC(=O)c1ccc(CNC(=O)C(F)(F)F)cc1. The minimum atomic E-state index is -4.93. The van der Waals surface area contributed by atoms with Crippen LogP contribution in [0.15, 0.2) is 24.3 Å². The number of halogens is 3. The van der Waals surface area contributed by atoms with Crippen LogP contribution in [-0.2, 0) is 16.1 Å². The molecule has 0 fully saturated rings. The van der Waals surface area contributed by atoms with E-state index in [-0.39, 0.29) is 25.1 Å². The van der Waals surface area contributed by atoms with Crippen LogP contribution in [0.25, 0.3) is 0 Å². The highest BCUT2D eigenvalue weighted by molar-refractivity contribution is 5.94. The van der Waals surface area contributed by atoms with Gasteiger partial charge in [-0.05, 0) is 24.1 Å². The minimum Gasteiger partial charge on any atom is -0.481 e. The maximum absolute atomic E-state index is 12.0. The Morgan fingerprint density at radius 3 is 2.17 bits per heavy atom. The van der Waals surface area contributed by atoms with Crippen molar-refractivity contribution in [2.45, 2.75) is 25.6 Å². The van der Waals surface area contributed by atoms with Crippen LogP contribution >= 0.6 is 0 Å². The zero-order valence-electron chi connectivity index (χ0n) is 11.9. The predicted molar refractivity (Wildman–Crippen MR) is 73.5 cm³/mol. The van der Waals surface area contributed by atoms with Crippen LogP contribution in [0, 0.1) is 0 Å². The summed E-state index contributed by atoms with van der Waals surface area (Å²) in [6, 6.07) is 5.65. The molecule has 126 valence electrons. The lowest BCUT2D eigenvalue weighted by molar-refractivity contribution is -0.173. The van der Waals surface area contributed by atoms with E-state index >= 15 is 0 Å². The van der Waals surface area contributed by atoms with Gasteiger partial charge in [-0.15, -0.1) is 0 Å². The van der Waals surface area contributed by atoms with Crippen molar-refractivity contribution in [1.29, 1.82) is 0 Å². The van der Waals surface area contributed by atoms with Gasteiger partial charge in [-0.1, -0.05) is 12.1 Å². The number of amides is 2. The monoisotopic (exact) mass is 332 g/mol. The maximum Gasteiger partial charge on any atom is 0.471 e. The standard InChI is InChI=1S/C14H15F3N2O4/c15-14(16,17)13(23)19-8-9-3-5-10(6-4-9)12(22)18-7-1-2-11(20)21/h3-6H,1-2,7-8H2,(H,18,22)(H,19,23)(H,20,21). The summed E-state index contributed by atoms with van der Waals surface area (Å²) >= 11 is 0. The Morgan fingerprint density at radius 2 is 1.65 bits per heavy atom. The first-order valence-electron chi connectivity index (χ1n) is 6.64. The third-order valence-electron chi connectivity index (χ3n) is 2.78. The van der Waals surface area contributed by atoms with Crippen molar-refractivity contribution in [2.75, 3.05) is 6.54 Å². The zero-order valence-corrected chi connectivity index (χ0v) is 11.9. The zero-order chi connectivity index (χ0) is 17.5. The van der Waals surface area contributed by atoms with Gasteiger partial charge in [0.1, 0.15) is 0 Å². The van der Waals surface area contributed by atoms with Crippen LogP contribution in [0.3, 0.4) is 0 Å². The van der Waals surface area contributed by atoms with Crippen LogP contribution in [0.1, 0.15) is 28.8 Å². The fourth-order valence-electron chi connectivity index (χ4n) is 1.60.